The summed E-state index contributed by atoms with van der Waals surface area (Å²) in [7, 11) is 0. The Bertz CT molecular complexity index is 159. The summed E-state index contributed by atoms with van der Waals surface area (Å²) in [5, 5.41) is 54.2. The van der Waals surface area contributed by atoms with Crippen LogP contribution in [0.15, 0.2) is 0 Å². The topological polar surface area (TPSA) is 251 Å². The molecule has 0 amide bonds. The zero-order chi connectivity index (χ0) is 16.8. The third kappa shape index (κ3) is 55.8. The minimum Gasteiger partial charge on any atom is -0.447 e. The summed E-state index contributed by atoms with van der Waals surface area (Å²) in [4.78, 5) is 39.6. The van der Waals surface area contributed by atoms with Gasteiger partial charge in [-0.2, -0.15) is 0 Å². The van der Waals surface area contributed by atoms with Crippen LogP contribution >= 0.6 is 0 Å². The summed E-state index contributed by atoms with van der Waals surface area (Å²) in [6, 6.07) is 0. The van der Waals surface area contributed by atoms with Crippen molar-refractivity contribution in [2.24, 2.45) is 0 Å². The van der Waals surface area contributed by atoms with Crippen molar-refractivity contribution >= 4 is 12.3 Å². The Kier molecular flexibility index (Phi) is 40.4. The average molecular weight is 316 g/mol. The normalized spacial score (nSPS) is 7.50. The molecule has 0 aliphatic heterocycles. The van der Waals surface area contributed by atoms with Crippen LogP contribution in [0, 0.1) is 0 Å². The molecule has 0 fully saturated rings. The van der Waals surface area contributed by atoms with Gasteiger partial charge >= 0.3 is 12.3 Å². The van der Waals surface area contributed by atoms with E-state index in [4.69, 9.17) is 41.8 Å². The highest BCUT2D eigenvalue weighted by atomic mass is 17.3. The van der Waals surface area contributed by atoms with Gasteiger partial charge in [-0.25, -0.2) is 49.4 Å². The van der Waals surface area contributed by atoms with E-state index >= 15 is 0 Å². The molecule has 0 aliphatic carbocycles. The highest BCUT2D eigenvalue weighted by Crippen LogP contribution is 1.78. The summed E-state index contributed by atoms with van der Waals surface area (Å²) in [5.74, 6) is 0. The maximum absolute atomic E-state index is 9.29. The lowest BCUT2D eigenvalue weighted by Gasteiger charge is -1.96. The first kappa shape index (κ1) is 26.7. The zero-order valence-corrected chi connectivity index (χ0v) is 9.26. The van der Waals surface area contributed by atoms with Gasteiger partial charge in [0.05, 0.1) is 0 Å². The Morgan fingerprint density at radius 3 is 1.10 bits per heavy atom. The first-order valence-corrected chi connectivity index (χ1v) is 3.52. The van der Waals surface area contributed by atoms with Crippen LogP contribution in [0.1, 0.15) is 0 Å². The van der Waals surface area contributed by atoms with Crippen molar-refractivity contribution in [1.82, 2.24) is 0 Å². The molecule has 0 aromatic carbocycles. The molecule has 0 saturated heterocycles. The molecule has 0 unspecified atom stereocenters. The van der Waals surface area contributed by atoms with Gasteiger partial charge in [-0.1, -0.05) is 0 Å². The summed E-state index contributed by atoms with van der Waals surface area (Å²) >= 11 is 0. The lowest BCUT2D eigenvalue weighted by molar-refractivity contribution is -0.449. The molecular formula is C4H12O16. The second-order valence-electron chi connectivity index (χ2n) is 1.43. The Balaban J connectivity index is -0.000000102. The van der Waals surface area contributed by atoms with Crippen LogP contribution in [0.3, 0.4) is 0 Å². The maximum atomic E-state index is 9.29. The van der Waals surface area contributed by atoms with Crippen molar-refractivity contribution in [3.63, 3.8) is 0 Å². The molecule has 0 aromatic rings. The van der Waals surface area contributed by atoms with Gasteiger partial charge in [-0.05, 0) is 0 Å². The van der Waals surface area contributed by atoms with Crippen LogP contribution in [0.2, 0.25) is 0 Å². The van der Waals surface area contributed by atoms with Gasteiger partial charge < -0.3 is 10.2 Å². The molecule has 0 spiro atoms. The van der Waals surface area contributed by atoms with Crippen molar-refractivity contribution in [3.05, 3.63) is 0 Å². The summed E-state index contributed by atoms with van der Waals surface area (Å²) < 4.78 is 0. The number of hydrogen-bond acceptors (Lipinski definition) is 14. The van der Waals surface area contributed by atoms with Gasteiger partial charge in [-0.3, -0.25) is 21.0 Å². The second-order valence-corrected chi connectivity index (χ2v) is 1.43. The van der Waals surface area contributed by atoms with E-state index in [0.29, 0.717) is 0 Å². The minimum atomic E-state index is -1.80. The van der Waals surface area contributed by atoms with Gasteiger partial charge in [0.25, 0.3) is 0 Å². The third-order valence-corrected chi connectivity index (χ3v) is 0.469. The van der Waals surface area contributed by atoms with Crippen LogP contribution < -0.4 is 0 Å². The van der Waals surface area contributed by atoms with Crippen molar-refractivity contribution in [2.75, 3.05) is 13.6 Å². The van der Waals surface area contributed by atoms with Crippen LogP contribution in [0.4, 0.5) is 9.59 Å². The number of rotatable bonds is 5. The monoisotopic (exact) mass is 316 g/mol. The smallest absolute Gasteiger partial charge is 0.447 e. The lowest BCUT2D eigenvalue weighted by atomic mass is 11.4. The van der Waals surface area contributed by atoms with E-state index in [-0.39, 0.29) is 0 Å². The van der Waals surface area contributed by atoms with Gasteiger partial charge in [0.15, 0.2) is 0 Å². The summed E-state index contributed by atoms with van der Waals surface area (Å²) in [5.41, 5.74) is 0. The SMILES string of the molecule is O=C(O)OOC(=O)O.OO.OO.OOCOOCOO. The fourth-order valence-corrected chi connectivity index (χ4v) is 0.182. The molecule has 0 saturated carbocycles. The number of carbonyl (C=O) groups is 2. The quantitative estimate of drug-likeness (QED) is 0.145. The molecule has 0 radical (unpaired) electrons. The van der Waals surface area contributed by atoms with Crippen LogP contribution in [0.5, 0.6) is 0 Å². The number of carboxylic acid groups (broad SMARTS) is 2. The zero-order valence-electron chi connectivity index (χ0n) is 9.26. The standard InChI is InChI=1S/C2H6O6.C2H2O6.2H2O2/c3-5-1-7-8-2-6-4;3-1(4)7-8-2(5)6;2*1-2/h3-4H,1-2H2;(H,3,4)(H,5,6);2*1-2H. The first-order chi connectivity index (χ1) is 9.54. The van der Waals surface area contributed by atoms with Gasteiger partial charge in [0.1, 0.15) is 0 Å². The van der Waals surface area contributed by atoms with Crippen LogP contribution in [-0.4, -0.2) is 67.7 Å². The van der Waals surface area contributed by atoms with Crippen molar-refractivity contribution in [1.29, 1.82) is 0 Å². The summed E-state index contributed by atoms with van der Waals surface area (Å²) in [6.45, 7) is -0.854. The molecule has 16 heteroatoms. The first-order valence-electron chi connectivity index (χ1n) is 3.52. The molecule has 0 atom stereocenters. The van der Waals surface area contributed by atoms with Gasteiger partial charge in [-0.15, -0.1) is 0 Å². The van der Waals surface area contributed by atoms with E-state index in [1.165, 1.54) is 0 Å². The van der Waals surface area contributed by atoms with E-state index in [1.807, 2.05) is 0 Å². The van der Waals surface area contributed by atoms with E-state index in [9.17, 15) is 9.59 Å². The molecule has 0 heterocycles. The average Bonchev–Trinajstić information content (AvgIpc) is 2.46. The molecule has 0 rings (SSSR count). The van der Waals surface area contributed by atoms with E-state index in [0.717, 1.165) is 0 Å². The van der Waals surface area contributed by atoms with E-state index in [2.05, 4.69) is 29.3 Å². The molecule has 0 aliphatic rings. The van der Waals surface area contributed by atoms with Crippen molar-refractivity contribution in [2.45, 2.75) is 0 Å². The third-order valence-electron chi connectivity index (χ3n) is 0.469. The predicted octanol–water partition coefficient (Wildman–Crippen LogP) is 0.154. The fraction of sp³-hybridized carbons (Fsp3) is 0.500. The minimum absolute atomic E-state index is 0.427. The molecule has 20 heavy (non-hydrogen) atoms. The van der Waals surface area contributed by atoms with E-state index in [1.54, 1.807) is 0 Å². The van der Waals surface area contributed by atoms with Crippen LogP contribution in [0.25, 0.3) is 0 Å². The fourth-order valence-electron chi connectivity index (χ4n) is 0.182. The van der Waals surface area contributed by atoms with E-state index < -0.39 is 25.9 Å². The highest BCUT2D eigenvalue weighted by molar-refractivity contribution is 5.60. The lowest BCUT2D eigenvalue weighted by Crippen LogP contribution is -2.05. The maximum Gasteiger partial charge on any atom is 0.547 e. The molecule has 8 N–H and O–H groups in total. The van der Waals surface area contributed by atoms with Crippen LogP contribution in [-0.2, 0) is 29.3 Å². The molecule has 124 valence electrons. The molecule has 0 bridgehead atoms. The number of hydrogen-bond donors (Lipinski definition) is 8. The highest BCUT2D eigenvalue weighted by Gasteiger charge is 2.01. The molecule has 16 nitrogen and oxygen atoms in total. The Labute approximate surface area is 108 Å². The summed E-state index contributed by atoms with van der Waals surface area (Å²) in [6.07, 6.45) is -3.60. The van der Waals surface area contributed by atoms with Crippen molar-refractivity contribution in [3.8, 4) is 0 Å². The second kappa shape index (κ2) is 30.3. The van der Waals surface area contributed by atoms with Gasteiger partial charge in [0, 0.05) is 0 Å². The van der Waals surface area contributed by atoms with Gasteiger partial charge in [0.2, 0.25) is 13.6 Å². The molecular weight excluding hydrogens is 304 g/mol. The largest absolute Gasteiger partial charge is 0.547 e. The molecule has 0 aromatic heterocycles. The van der Waals surface area contributed by atoms with Crippen molar-refractivity contribution < 1.29 is 80.7 Å². The Morgan fingerprint density at radius 1 is 0.700 bits per heavy atom. The Morgan fingerprint density at radius 2 is 0.950 bits per heavy atom. The Hall–Kier alpha value is -1.86. The predicted molar refractivity (Wildman–Crippen MR) is 48.1 cm³/mol.